The Bertz CT molecular complexity index is 1020. The number of aromatic nitrogens is 1. The number of rotatable bonds is 5. The monoisotopic (exact) mass is 411 g/mol. The summed E-state index contributed by atoms with van der Waals surface area (Å²) in [5.74, 6) is 0.550. The zero-order valence-corrected chi connectivity index (χ0v) is 16.9. The third kappa shape index (κ3) is 3.58. The highest BCUT2D eigenvalue weighted by Crippen LogP contribution is 2.50. The maximum absolute atomic E-state index is 12.8. The molecule has 1 fully saturated rings. The van der Waals surface area contributed by atoms with Crippen LogP contribution in [-0.4, -0.2) is 32.7 Å². The van der Waals surface area contributed by atoms with Crippen molar-refractivity contribution in [2.45, 2.75) is 42.2 Å². The van der Waals surface area contributed by atoms with E-state index in [2.05, 4.69) is 33.2 Å². The molecule has 0 bridgehead atoms. The van der Waals surface area contributed by atoms with Gasteiger partial charge < -0.3 is 10.1 Å². The SMILES string of the molecule is O=S(=O)(NCC1CCCO1)c1ccc2c(c1)C1C=CCC1C(c1cccnc1)N2. The number of allylic oxidation sites excluding steroid dienone is 2. The Hall–Kier alpha value is -2.22. The number of hydrogen-bond donors (Lipinski definition) is 2. The van der Waals surface area contributed by atoms with Crippen molar-refractivity contribution in [3.05, 3.63) is 66.0 Å². The minimum Gasteiger partial charge on any atom is -0.378 e. The Morgan fingerprint density at radius 3 is 3.00 bits per heavy atom. The van der Waals surface area contributed by atoms with Gasteiger partial charge in [-0.25, -0.2) is 13.1 Å². The lowest BCUT2D eigenvalue weighted by molar-refractivity contribution is 0.114. The van der Waals surface area contributed by atoms with E-state index in [-0.39, 0.29) is 18.1 Å². The molecule has 0 amide bonds. The van der Waals surface area contributed by atoms with Gasteiger partial charge in [0.05, 0.1) is 17.0 Å². The van der Waals surface area contributed by atoms with E-state index in [0.29, 0.717) is 24.0 Å². The van der Waals surface area contributed by atoms with E-state index in [4.69, 9.17) is 4.74 Å². The Morgan fingerprint density at radius 2 is 2.21 bits per heavy atom. The fourth-order valence-corrected chi connectivity index (χ4v) is 5.82. The van der Waals surface area contributed by atoms with Gasteiger partial charge in [-0.05, 0) is 60.6 Å². The topological polar surface area (TPSA) is 80.3 Å². The molecule has 4 atom stereocenters. The third-order valence-corrected chi connectivity index (χ3v) is 7.63. The van der Waals surface area contributed by atoms with Gasteiger partial charge >= 0.3 is 0 Å². The van der Waals surface area contributed by atoms with Crippen LogP contribution in [0.4, 0.5) is 5.69 Å². The summed E-state index contributed by atoms with van der Waals surface area (Å²) in [5, 5.41) is 3.62. The summed E-state index contributed by atoms with van der Waals surface area (Å²) in [6.07, 6.45) is 10.9. The second kappa shape index (κ2) is 7.55. The molecular weight excluding hydrogens is 386 g/mol. The first kappa shape index (κ1) is 18.8. The molecule has 2 aromatic rings. The number of nitrogens with zero attached hydrogens (tertiary/aromatic N) is 1. The zero-order chi connectivity index (χ0) is 19.8. The van der Waals surface area contributed by atoms with Gasteiger partial charge in [0.25, 0.3) is 0 Å². The maximum Gasteiger partial charge on any atom is 0.240 e. The highest BCUT2D eigenvalue weighted by atomic mass is 32.2. The molecule has 7 heteroatoms. The summed E-state index contributed by atoms with van der Waals surface area (Å²) in [7, 11) is -3.57. The van der Waals surface area contributed by atoms with Gasteiger partial charge in [0.15, 0.2) is 0 Å². The van der Waals surface area contributed by atoms with Crippen LogP contribution in [0, 0.1) is 5.92 Å². The average Bonchev–Trinajstić information content (AvgIpc) is 3.44. The molecule has 1 saturated heterocycles. The molecule has 3 aliphatic rings. The molecule has 3 heterocycles. The third-order valence-electron chi connectivity index (χ3n) is 6.21. The molecule has 1 aromatic carbocycles. The summed E-state index contributed by atoms with van der Waals surface area (Å²) in [4.78, 5) is 4.59. The molecule has 1 aromatic heterocycles. The number of ether oxygens (including phenoxy) is 1. The van der Waals surface area contributed by atoms with E-state index < -0.39 is 10.0 Å². The first-order chi connectivity index (χ1) is 14.1. The highest BCUT2D eigenvalue weighted by molar-refractivity contribution is 7.89. The molecule has 1 aliphatic carbocycles. The highest BCUT2D eigenvalue weighted by Gasteiger charge is 2.38. The summed E-state index contributed by atoms with van der Waals surface area (Å²) < 4.78 is 33.9. The quantitative estimate of drug-likeness (QED) is 0.738. The standard InChI is InChI=1S/C22H25N3O3S/c26-29(27,24-14-16-5-3-11-28-16)17-8-9-21-20(12-17)18-6-1-7-19(18)22(25-21)15-4-2-10-23-13-15/h1-2,4,6,8-10,12-13,16,18-19,22,24-25H,3,5,7,11,14H2. The van der Waals surface area contributed by atoms with Crippen LogP contribution < -0.4 is 10.0 Å². The predicted octanol–water partition coefficient (Wildman–Crippen LogP) is 3.37. The molecule has 152 valence electrons. The molecule has 0 saturated carbocycles. The smallest absolute Gasteiger partial charge is 0.240 e. The molecular formula is C22H25N3O3S. The van der Waals surface area contributed by atoms with Crippen LogP contribution in [0.25, 0.3) is 0 Å². The van der Waals surface area contributed by atoms with E-state index in [1.807, 2.05) is 24.4 Å². The van der Waals surface area contributed by atoms with Crippen LogP contribution in [0.3, 0.4) is 0 Å². The van der Waals surface area contributed by atoms with E-state index in [0.717, 1.165) is 36.1 Å². The van der Waals surface area contributed by atoms with Crippen LogP contribution in [-0.2, 0) is 14.8 Å². The summed E-state index contributed by atoms with van der Waals surface area (Å²) in [6, 6.07) is 9.62. The van der Waals surface area contributed by atoms with Crippen molar-refractivity contribution in [2.24, 2.45) is 5.92 Å². The Kier molecular flexibility index (Phi) is 4.89. The number of sulfonamides is 1. The second-order valence-corrected chi connectivity index (χ2v) is 9.76. The summed E-state index contributed by atoms with van der Waals surface area (Å²) >= 11 is 0. The molecule has 6 nitrogen and oxygen atoms in total. The van der Waals surface area contributed by atoms with Crippen molar-refractivity contribution in [1.29, 1.82) is 0 Å². The van der Waals surface area contributed by atoms with Crippen molar-refractivity contribution < 1.29 is 13.2 Å². The van der Waals surface area contributed by atoms with Crippen LogP contribution in [0.1, 0.15) is 42.3 Å². The van der Waals surface area contributed by atoms with Gasteiger partial charge in [0, 0.05) is 37.2 Å². The number of anilines is 1. The van der Waals surface area contributed by atoms with Crippen LogP contribution >= 0.6 is 0 Å². The molecule has 4 unspecified atom stereocenters. The first-order valence-electron chi connectivity index (χ1n) is 10.2. The average molecular weight is 412 g/mol. The van der Waals surface area contributed by atoms with Gasteiger partial charge in [-0.15, -0.1) is 0 Å². The van der Waals surface area contributed by atoms with E-state index in [9.17, 15) is 8.42 Å². The first-order valence-corrected chi connectivity index (χ1v) is 11.7. The second-order valence-electron chi connectivity index (χ2n) is 8.00. The molecule has 5 rings (SSSR count). The van der Waals surface area contributed by atoms with Crippen LogP contribution in [0.5, 0.6) is 0 Å². The Labute approximate surface area is 171 Å². The number of fused-ring (bicyclic) bond motifs is 3. The maximum atomic E-state index is 12.8. The minimum absolute atomic E-state index is 0.0218. The zero-order valence-electron chi connectivity index (χ0n) is 16.1. The van der Waals surface area contributed by atoms with Gasteiger partial charge in [-0.3, -0.25) is 4.98 Å². The molecule has 0 radical (unpaired) electrons. The summed E-state index contributed by atoms with van der Waals surface area (Å²) in [6.45, 7) is 1.04. The van der Waals surface area contributed by atoms with E-state index in [1.54, 1.807) is 12.3 Å². The Balaban J connectivity index is 1.42. The van der Waals surface area contributed by atoms with Gasteiger partial charge in [0.2, 0.25) is 10.0 Å². The number of benzene rings is 1. The van der Waals surface area contributed by atoms with Gasteiger partial charge in [0.1, 0.15) is 0 Å². The largest absolute Gasteiger partial charge is 0.378 e. The van der Waals surface area contributed by atoms with E-state index >= 15 is 0 Å². The lowest BCUT2D eigenvalue weighted by Gasteiger charge is -2.37. The number of nitrogens with one attached hydrogen (secondary N) is 2. The predicted molar refractivity (Wildman–Crippen MR) is 111 cm³/mol. The van der Waals surface area contributed by atoms with Crippen molar-refractivity contribution in [1.82, 2.24) is 9.71 Å². The lowest BCUT2D eigenvalue weighted by atomic mass is 9.77. The van der Waals surface area contributed by atoms with Crippen LogP contribution in [0.15, 0.2) is 59.8 Å². The summed E-state index contributed by atoms with van der Waals surface area (Å²) in [5.41, 5.74) is 3.19. The van der Waals surface area contributed by atoms with Crippen molar-refractivity contribution in [2.75, 3.05) is 18.5 Å². The van der Waals surface area contributed by atoms with Crippen molar-refractivity contribution >= 4 is 15.7 Å². The van der Waals surface area contributed by atoms with Gasteiger partial charge in [-0.2, -0.15) is 0 Å². The van der Waals surface area contributed by atoms with Crippen molar-refractivity contribution in [3.63, 3.8) is 0 Å². The fourth-order valence-electron chi connectivity index (χ4n) is 4.72. The van der Waals surface area contributed by atoms with Crippen molar-refractivity contribution in [3.8, 4) is 0 Å². The number of pyridine rings is 1. The molecule has 29 heavy (non-hydrogen) atoms. The minimum atomic E-state index is -3.57. The lowest BCUT2D eigenvalue weighted by Crippen LogP contribution is -2.32. The fraction of sp³-hybridized carbons (Fsp3) is 0.409. The molecule has 2 N–H and O–H groups in total. The normalized spacial score (nSPS) is 28.0. The Morgan fingerprint density at radius 1 is 1.28 bits per heavy atom. The van der Waals surface area contributed by atoms with E-state index in [1.165, 1.54) is 0 Å². The molecule has 0 spiro atoms. The van der Waals surface area contributed by atoms with Gasteiger partial charge in [-0.1, -0.05) is 18.2 Å². The molecule has 2 aliphatic heterocycles. The van der Waals surface area contributed by atoms with Crippen LogP contribution in [0.2, 0.25) is 0 Å². The number of hydrogen-bond acceptors (Lipinski definition) is 5.